The molecular weight excluding hydrogens is 413 g/mol. The highest BCUT2D eigenvalue weighted by molar-refractivity contribution is 9.10. The number of anilines is 1. The molecule has 0 unspecified atom stereocenters. The number of tetrazole rings is 1. The first kappa shape index (κ1) is 17.7. The predicted molar refractivity (Wildman–Crippen MR) is 105 cm³/mol. The third-order valence-corrected chi connectivity index (χ3v) is 5.06. The lowest BCUT2D eigenvalue weighted by molar-refractivity contribution is 0.606. The molecule has 0 radical (unpaired) electrons. The highest BCUT2D eigenvalue weighted by Crippen LogP contribution is 2.29. The molecule has 2 aromatic carbocycles. The number of furan rings is 1. The second kappa shape index (κ2) is 7.11. The average Bonchev–Trinajstić information content (AvgIpc) is 3.28. The lowest BCUT2D eigenvalue weighted by atomic mass is 10.0. The Kier molecular flexibility index (Phi) is 4.65. The van der Waals surface area contributed by atoms with Crippen LogP contribution in [0.3, 0.4) is 0 Å². The van der Waals surface area contributed by atoms with Crippen LogP contribution >= 0.6 is 15.9 Å². The van der Waals surface area contributed by atoms with Crippen LogP contribution in [-0.4, -0.2) is 20.6 Å². The number of nitrogens with zero attached hydrogens (tertiary/aromatic N) is 3. The minimum absolute atomic E-state index is 0.295. The van der Waals surface area contributed by atoms with Crippen molar-refractivity contribution in [2.75, 3.05) is 5.32 Å². The van der Waals surface area contributed by atoms with E-state index in [-0.39, 0.29) is 5.82 Å². The monoisotopic (exact) mass is 429 g/mol. The summed E-state index contributed by atoms with van der Waals surface area (Å²) >= 11 is 3.59. The number of hydrogen-bond acceptors (Lipinski definition) is 5. The van der Waals surface area contributed by atoms with Crippen LogP contribution in [0.15, 0.2) is 45.3 Å². The van der Waals surface area contributed by atoms with E-state index in [1.165, 1.54) is 11.6 Å². The summed E-state index contributed by atoms with van der Waals surface area (Å²) in [5.41, 5.74) is 3.25. The van der Waals surface area contributed by atoms with Crippen molar-refractivity contribution in [1.82, 2.24) is 20.6 Å². The highest BCUT2D eigenvalue weighted by atomic mass is 79.9. The topological polar surface area (TPSA) is 79.6 Å². The second-order valence-electron chi connectivity index (χ2n) is 6.59. The summed E-state index contributed by atoms with van der Waals surface area (Å²) < 4.78 is 21.3. The van der Waals surface area contributed by atoms with Gasteiger partial charge in [-0.05, 0) is 52.2 Å². The zero-order valence-electron chi connectivity index (χ0n) is 14.8. The average molecular weight is 430 g/mol. The van der Waals surface area contributed by atoms with Crippen molar-refractivity contribution < 1.29 is 8.81 Å². The molecule has 2 aromatic heterocycles. The van der Waals surface area contributed by atoms with E-state index in [0.717, 1.165) is 10.2 Å². The van der Waals surface area contributed by atoms with Crippen LogP contribution < -0.4 is 5.32 Å². The van der Waals surface area contributed by atoms with E-state index in [0.29, 0.717) is 40.6 Å². The molecule has 8 heteroatoms. The van der Waals surface area contributed by atoms with Gasteiger partial charge in [-0.3, -0.25) is 0 Å². The third-order valence-electron chi connectivity index (χ3n) is 4.37. The van der Waals surface area contributed by atoms with E-state index in [1.54, 1.807) is 12.1 Å². The van der Waals surface area contributed by atoms with E-state index in [1.807, 2.05) is 12.1 Å². The van der Waals surface area contributed by atoms with Crippen LogP contribution in [0.2, 0.25) is 0 Å². The number of hydrogen-bond donors (Lipinski definition) is 2. The van der Waals surface area contributed by atoms with Crippen molar-refractivity contribution in [3.05, 3.63) is 57.8 Å². The van der Waals surface area contributed by atoms with Crippen molar-refractivity contribution in [2.45, 2.75) is 26.3 Å². The zero-order valence-corrected chi connectivity index (χ0v) is 16.3. The Labute approximate surface area is 163 Å². The van der Waals surface area contributed by atoms with Gasteiger partial charge in [0.1, 0.15) is 11.4 Å². The first-order chi connectivity index (χ1) is 13.0. The van der Waals surface area contributed by atoms with Gasteiger partial charge in [0.25, 0.3) is 0 Å². The number of nitrogens with one attached hydrogen (secondary N) is 2. The Hall–Kier alpha value is -2.74. The van der Waals surface area contributed by atoms with Gasteiger partial charge < -0.3 is 9.73 Å². The molecule has 0 bridgehead atoms. The minimum atomic E-state index is -0.295. The van der Waals surface area contributed by atoms with Gasteiger partial charge in [-0.15, -0.1) is 5.10 Å². The van der Waals surface area contributed by atoms with E-state index >= 15 is 0 Å². The van der Waals surface area contributed by atoms with E-state index in [2.05, 4.69) is 61.8 Å². The fourth-order valence-corrected chi connectivity index (χ4v) is 3.76. The molecule has 0 aliphatic carbocycles. The van der Waals surface area contributed by atoms with E-state index in [4.69, 9.17) is 4.42 Å². The van der Waals surface area contributed by atoms with Gasteiger partial charge >= 0.3 is 0 Å². The Morgan fingerprint density at radius 3 is 2.78 bits per heavy atom. The number of halogens is 2. The SMILES string of the molecule is CC(C)c1ccc(NCc2cc3oc(-c4nnn[nH]4)cc3cc2F)cc1Br. The summed E-state index contributed by atoms with van der Waals surface area (Å²) in [6, 6.07) is 10.9. The number of benzene rings is 2. The largest absolute Gasteiger partial charge is 0.453 e. The molecule has 4 rings (SSSR count). The van der Waals surface area contributed by atoms with Gasteiger partial charge in [0, 0.05) is 27.7 Å². The van der Waals surface area contributed by atoms with Crippen LogP contribution in [-0.2, 0) is 6.54 Å². The zero-order chi connectivity index (χ0) is 19.0. The number of aromatic nitrogens is 4. The van der Waals surface area contributed by atoms with Crippen LogP contribution in [0.4, 0.5) is 10.1 Å². The van der Waals surface area contributed by atoms with Crippen LogP contribution in [0.5, 0.6) is 0 Å². The van der Waals surface area contributed by atoms with Gasteiger partial charge in [0.2, 0.25) is 5.82 Å². The summed E-state index contributed by atoms with van der Waals surface area (Å²) in [4.78, 5) is 0. The van der Waals surface area contributed by atoms with Gasteiger partial charge in [0.05, 0.1) is 0 Å². The lowest BCUT2D eigenvalue weighted by Gasteiger charge is -2.12. The molecule has 2 N–H and O–H groups in total. The van der Waals surface area contributed by atoms with Crippen molar-refractivity contribution >= 4 is 32.6 Å². The standard InChI is InChI=1S/C19H17BrFN5O/c1-10(2)14-4-3-13(8-15(14)20)22-9-12-7-17-11(5-16(12)21)6-18(27-17)19-23-25-26-24-19/h3-8,10,22H,9H2,1-2H3,(H,23,24,25,26). The maximum atomic E-state index is 14.5. The Bertz CT molecular complexity index is 1090. The fourth-order valence-electron chi connectivity index (χ4n) is 2.92. The van der Waals surface area contributed by atoms with Crippen LogP contribution in [0.1, 0.15) is 30.9 Å². The normalized spacial score (nSPS) is 11.4. The molecule has 138 valence electrons. The molecule has 0 amide bonds. The molecule has 0 aliphatic rings. The molecule has 0 aliphatic heterocycles. The van der Waals surface area contributed by atoms with E-state index < -0.39 is 0 Å². The molecule has 2 heterocycles. The van der Waals surface area contributed by atoms with E-state index in [9.17, 15) is 4.39 Å². The molecule has 4 aromatic rings. The Balaban J connectivity index is 1.57. The molecule has 0 saturated carbocycles. The van der Waals surface area contributed by atoms with Crippen molar-refractivity contribution in [3.63, 3.8) is 0 Å². The van der Waals surface area contributed by atoms with Crippen LogP contribution in [0.25, 0.3) is 22.6 Å². The minimum Gasteiger partial charge on any atom is -0.453 e. The molecule has 0 saturated heterocycles. The van der Waals surface area contributed by atoms with Crippen LogP contribution in [0, 0.1) is 5.82 Å². The fraction of sp³-hybridized carbons (Fsp3) is 0.211. The van der Waals surface area contributed by atoms with Gasteiger partial charge in [-0.1, -0.05) is 35.8 Å². The smallest absolute Gasteiger partial charge is 0.215 e. The number of fused-ring (bicyclic) bond motifs is 1. The van der Waals surface area contributed by atoms with Crippen molar-refractivity contribution in [2.24, 2.45) is 0 Å². The molecule has 0 atom stereocenters. The number of aromatic amines is 1. The first-order valence-corrected chi connectivity index (χ1v) is 9.30. The summed E-state index contributed by atoms with van der Waals surface area (Å²) in [7, 11) is 0. The lowest BCUT2D eigenvalue weighted by Crippen LogP contribution is -2.02. The predicted octanol–water partition coefficient (Wildman–Crippen LogP) is 5.25. The van der Waals surface area contributed by atoms with Gasteiger partial charge in [-0.25, -0.2) is 9.49 Å². The Morgan fingerprint density at radius 1 is 1.22 bits per heavy atom. The number of H-pyrrole nitrogens is 1. The quantitative estimate of drug-likeness (QED) is 0.452. The number of rotatable bonds is 5. The van der Waals surface area contributed by atoms with Crippen molar-refractivity contribution in [1.29, 1.82) is 0 Å². The first-order valence-electron chi connectivity index (χ1n) is 8.50. The maximum absolute atomic E-state index is 14.5. The molecular formula is C19H17BrFN5O. The third kappa shape index (κ3) is 3.57. The molecule has 0 spiro atoms. The highest BCUT2D eigenvalue weighted by Gasteiger charge is 2.13. The summed E-state index contributed by atoms with van der Waals surface area (Å²) in [5, 5.41) is 17.4. The summed E-state index contributed by atoms with van der Waals surface area (Å²) in [6.45, 7) is 4.63. The Morgan fingerprint density at radius 2 is 2.07 bits per heavy atom. The van der Waals surface area contributed by atoms with Gasteiger partial charge in [0.15, 0.2) is 5.76 Å². The maximum Gasteiger partial charge on any atom is 0.215 e. The van der Waals surface area contributed by atoms with Crippen molar-refractivity contribution in [3.8, 4) is 11.6 Å². The molecule has 0 fully saturated rings. The summed E-state index contributed by atoms with van der Waals surface area (Å²) in [6.07, 6.45) is 0. The second-order valence-corrected chi connectivity index (χ2v) is 7.44. The van der Waals surface area contributed by atoms with Gasteiger partial charge in [-0.2, -0.15) is 0 Å². The molecule has 27 heavy (non-hydrogen) atoms. The molecule has 6 nitrogen and oxygen atoms in total. The summed E-state index contributed by atoms with van der Waals surface area (Å²) in [5.74, 6) is 1.01.